The van der Waals surface area contributed by atoms with Crippen LogP contribution in [-0.4, -0.2) is 30.4 Å². The van der Waals surface area contributed by atoms with Gasteiger partial charge in [0.15, 0.2) is 0 Å². The summed E-state index contributed by atoms with van der Waals surface area (Å²) in [5, 5.41) is 2.92. The molecule has 0 saturated carbocycles. The fourth-order valence-electron chi connectivity index (χ4n) is 3.12. The molecule has 0 aromatic heterocycles. The maximum atomic E-state index is 13.0. The number of nitrogens with zero attached hydrogens (tertiary/aromatic N) is 1. The number of nitrogens with one attached hydrogen (secondary N) is 1. The normalized spacial score (nSPS) is 15.6. The predicted octanol–water partition coefficient (Wildman–Crippen LogP) is 3.39. The van der Waals surface area contributed by atoms with Gasteiger partial charge in [0.1, 0.15) is 11.8 Å². The van der Waals surface area contributed by atoms with Crippen LogP contribution in [0.3, 0.4) is 0 Å². The van der Waals surface area contributed by atoms with E-state index in [0.717, 1.165) is 18.4 Å². The van der Waals surface area contributed by atoms with Crippen molar-refractivity contribution < 1.29 is 14.3 Å². The molecule has 1 saturated heterocycles. The molecule has 1 fully saturated rings. The first-order chi connectivity index (χ1) is 12.2. The Bertz CT molecular complexity index is 746. The minimum atomic E-state index is -0.625. The number of methoxy groups -OCH3 is 1. The van der Waals surface area contributed by atoms with Crippen molar-refractivity contribution in [1.29, 1.82) is 0 Å². The summed E-state index contributed by atoms with van der Waals surface area (Å²) >= 11 is 0. The zero-order valence-electron chi connectivity index (χ0n) is 14.3. The second-order valence-corrected chi connectivity index (χ2v) is 6.08. The first-order valence-corrected chi connectivity index (χ1v) is 8.48. The molecule has 0 radical (unpaired) electrons. The van der Waals surface area contributed by atoms with Gasteiger partial charge in [-0.1, -0.05) is 36.4 Å². The summed E-state index contributed by atoms with van der Waals surface area (Å²) < 4.78 is 5.20. The Morgan fingerprint density at radius 1 is 1.12 bits per heavy atom. The smallest absolute Gasteiger partial charge is 0.251 e. The lowest BCUT2D eigenvalue weighted by atomic mass is 10.0. The molecule has 0 spiro atoms. The summed E-state index contributed by atoms with van der Waals surface area (Å²) in [5.74, 6) is 0.485. The van der Waals surface area contributed by atoms with Crippen LogP contribution in [0.25, 0.3) is 0 Å². The van der Waals surface area contributed by atoms with Crippen molar-refractivity contribution in [2.45, 2.75) is 25.3 Å². The topological polar surface area (TPSA) is 58.6 Å². The van der Waals surface area contributed by atoms with E-state index in [9.17, 15) is 9.59 Å². The molecule has 2 amide bonds. The summed E-state index contributed by atoms with van der Waals surface area (Å²) in [4.78, 5) is 27.1. The summed E-state index contributed by atoms with van der Waals surface area (Å²) in [6, 6.07) is 16.0. The van der Waals surface area contributed by atoms with Crippen molar-refractivity contribution in [3.63, 3.8) is 0 Å². The number of carbonyl (C=O) groups excluding carboxylic acids is 2. The van der Waals surface area contributed by atoms with Gasteiger partial charge in [-0.05, 0) is 30.5 Å². The predicted molar refractivity (Wildman–Crippen MR) is 96.4 cm³/mol. The highest BCUT2D eigenvalue weighted by Gasteiger charge is 2.32. The Labute approximate surface area is 147 Å². The number of likely N-dealkylation sites (tertiary alicyclic amines) is 1. The maximum Gasteiger partial charge on any atom is 0.251 e. The minimum absolute atomic E-state index is 0.0286. The standard InChI is InChI=1S/C20H22N2O3/c1-25-17-11-7-10-16(14-17)21-20(24)19(15-8-3-2-4-9-15)22-13-6-5-12-18(22)23/h2-4,7-11,14,19H,5-6,12-13H2,1H3,(H,21,24)/t19-/m1/s1. The first-order valence-electron chi connectivity index (χ1n) is 8.48. The highest BCUT2D eigenvalue weighted by atomic mass is 16.5. The van der Waals surface area contributed by atoms with Crippen LogP contribution in [0.15, 0.2) is 54.6 Å². The molecule has 5 nitrogen and oxygen atoms in total. The third kappa shape index (κ3) is 3.99. The lowest BCUT2D eigenvalue weighted by Gasteiger charge is -2.34. The number of ether oxygens (including phenoxy) is 1. The second-order valence-electron chi connectivity index (χ2n) is 6.08. The summed E-state index contributed by atoms with van der Waals surface area (Å²) in [7, 11) is 1.58. The van der Waals surface area contributed by atoms with Crippen LogP contribution in [0.4, 0.5) is 5.69 Å². The van der Waals surface area contributed by atoms with Crippen LogP contribution in [0.2, 0.25) is 0 Å². The van der Waals surface area contributed by atoms with E-state index < -0.39 is 6.04 Å². The van der Waals surface area contributed by atoms with Gasteiger partial charge in [0.2, 0.25) is 5.91 Å². The van der Waals surface area contributed by atoms with Gasteiger partial charge in [0, 0.05) is 24.7 Å². The number of amides is 2. The molecule has 1 aliphatic rings. The van der Waals surface area contributed by atoms with Crippen molar-refractivity contribution in [2.75, 3.05) is 19.0 Å². The van der Waals surface area contributed by atoms with E-state index in [1.165, 1.54) is 0 Å². The molecular weight excluding hydrogens is 316 g/mol. The van der Waals surface area contributed by atoms with Crippen molar-refractivity contribution in [3.8, 4) is 5.75 Å². The molecule has 1 heterocycles. The number of anilines is 1. The minimum Gasteiger partial charge on any atom is -0.497 e. The van der Waals surface area contributed by atoms with Crippen molar-refractivity contribution >= 4 is 17.5 Å². The fourth-order valence-corrected chi connectivity index (χ4v) is 3.12. The van der Waals surface area contributed by atoms with E-state index in [1.54, 1.807) is 24.1 Å². The van der Waals surface area contributed by atoms with Crippen molar-refractivity contribution in [1.82, 2.24) is 4.90 Å². The van der Waals surface area contributed by atoms with Crippen LogP contribution in [-0.2, 0) is 9.59 Å². The first kappa shape index (κ1) is 17.0. The Kier molecular flexibility index (Phi) is 5.33. The molecule has 3 rings (SSSR count). The van der Waals surface area contributed by atoms with E-state index in [-0.39, 0.29) is 11.8 Å². The molecule has 25 heavy (non-hydrogen) atoms. The molecule has 5 heteroatoms. The zero-order chi connectivity index (χ0) is 17.6. The number of hydrogen-bond acceptors (Lipinski definition) is 3. The molecule has 2 aromatic rings. The molecule has 0 aliphatic carbocycles. The third-order valence-electron chi connectivity index (χ3n) is 4.37. The average Bonchev–Trinajstić information content (AvgIpc) is 2.64. The van der Waals surface area contributed by atoms with Gasteiger partial charge >= 0.3 is 0 Å². The quantitative estimate of drug-likeness (QED) is 0.909. The molecule has 0 bridgehead atoms. The summed E-state index contributed by atoms with van der Waals surface area (Å²) in [6.45, 7) is 0.601. The Balaban J connectivity index is 1.88. The molecule has 1 aliphatic heterocycles. The monoisotopic (exact) mass is 338 g/mol. The zero-order valence-corrected chi connectivity index (χ0v) is 14.3. The van der Waals surface area contributed by atoms with Crippen LogP contribution in [0, 0.1) is 0 Å². The van der Waals surface area contributed by atoms with E-state index in [0.29, 0.717) is 24.4 Å². The highest BCUT2D eigenvalue weighted by molar-refractivity contribution is 5.98. The van der Waals surface area contributed by atoms with E-state index >= 15 is 0 Å². The molecular formula is C20H22N2O3. The van der Waals surface area contributed by atoms with E-state index in [1.807, 2.05) is 42.5 Å². The third-order valence-corrected chi connectivity index (χ3v) is 4.37. The SMILES string of the molecule is COc1cccc(NC(=O)[C@@H](c2ccccc2)N2CCCCC2=O)c1. The van der Waals surface area contributed by atoms with Gasteiger partial charge in [-0.15, -0.1) is 0 Å². The van der Waals surface area contributed by atoms with Crippen LogP contribution in [0.5, 0.6) is 5.75 Å². The van der Waals surface area contributed by atoms with E-state index in [2.05, 4.69) is 5.32 Å². The molecule has 1 N–H and O–H groups in total. The molecule has 1 atom stereocenters. The van der Waals surface area contributed by atoms with Gasteiger partial charge < -0.3 is 15.0 Å². The Hall–Kier alpha value is -2.82. The van der Waals surface area contributed by atoms with E-state index in [4.69, 9.17) is 4.74 Å². The van der Waals surface area contributed by atoms with Gasteiger partial charge in [-0.2, -0.15) is 0 Å². The van der Waals surface area contributed by atoms with Gasteiger partial charge in [0.05, 0.1) is 7.11 Å². The van der Waals surface area contributed by atoms with Crippen LogP contribution in [0.1, 0.15) is 30.9 Å². The van der Waals surface area contributed by atoms with Gasteiger partial charge in [0.25, 0.3) is 5.91 Å². The van der Waals surface area contributed by atoms with Crippen molar-refractivity contribution in [2.24, 2.45) is 0 Å². The van der Waals surface area contributed by atoms with Crippen LogP contribution < -0.4 is 10.1 Å². The molecule has 2 aromatic carbocycles. The largest absolute Gasteiger partial charge is 0.497 e. The number of hydrogen-bond donors (Lipinski definition) is 1. The Morgan fingerprint density at radius 3 is 2.64 bits per heavy atom. The maximum absolute atomic E-state index is 13.0. The van der Waals surface area contributed by atoms with Crippen LogP contribution >= 0.6 is 0 Å². The summed E-state index contributed by atoms with van der Waals surface area (Å²) in [5.41, 5.74) is 1.47. The fraction of sp³-hybridized carbons (Fsp3) is 0.300. The molecule has 0 unspecified atom stereocenters. The van der Waals surface area contributed by atoms with Crippen molar-refractivity contribution in [3.05, 3.63) is 60.2 Å². The molecule has 130 valence electrons. The number of carbonyl (C=O) groups is 2. The average molecular weight is 338 g/mol. The lowest BCUT2D eigenvalue weighted by Crippen LogP contribution is -2.43. The Morgan fingerprint density at radius 2 is 1.92 bits per heavy atom. The number of benzene rings is 2. The summed E-state index contributed by atoms with van der Waals surface area (Å²) in [6.07, 6.45) is 2.30. The second kappa shape index (κ2) is 7.83. The number of piperidine rings is 1. The number of rotatable bonds is 5. The van der Waals surface area contributed by atoms with Gasteiger partial charge in [-0.25, -0.2) is 0 Å². The lowest BCUT2D eigenvalue weighted by molar-refractivity contribution is -0.141. The highest BCUT2D eigenvalue weighted by Crippen LogP contribution is 2.27. The van der Waals surface area contributed by atoms with Gasteiger partial charge in [-0.3, -0.25) is 9.59 Å².